The van der Waals surface area contributed by atoms with E-state index in [-0.39, 0.29) is 5.97 Å². The normalized spacial score (nSPS) is 9.95. The molecule has 2 aromatic carbocycles. The van der Waals surface area contributed by atoms with Crippen LogP contribution in [0.1, 0.15) is 27.6 Å². The Bertz CT molecular complexity index is 585. The van der Waals surface area contributed by atoms with Crippen LogP contribution >= 0.6 is 0 Å². The molecule has 19 heavy (non-hydrogen) atoms. The molecular formula is C16H14O3. The molecule has 0 aliphatic rings. The smallest absolute Gasteiger partial charge is 0.338 e. The van der Waals surface area contributed by atoms with Gasteiger partial charge in [0.05, 0.1) is 12.2 Å². The van der Waals surface area contributed by atoms with Crippen LogP contribution in [-0.2, 0) is 4.74 Å². The van der Waals surface area contributed by atoms with Crippen LogP contribution in [0.4, 0.5) is 0 Å². The lowest BCUT2D eigenvalue weighted by Crippen LogP contribution is -2.03. The Morgan fingerprint density at radius 2 is 1.84 bits per heavy atom. The number of aldehydes is 1. The lowest BCUT2D eigenvalue weighted by atomic mass is 10.0. The average Bonchev–Trinajstić information content (AvgIpc) is 2.48. The molecule has 3 nitrogen and oxygen atoms in total. The van der Waals surface area contributed by atoms with Crippen molar-refractivity contribution in [1.82, 2.24) is 0 Å². The zero-order valence-electron chi connectivity index (χ0n) is 10.6. The maximum absolute atomic E-state index is 11.5. The van der Waals surface area contributed by atoms with Gasteiger partial charge in [-0.2, -0.15) is 0 Å². The second-order valence-electron chi connectivity index (χ2n) is 4.04. The monoisotopic (exact) mass is 254 g/mol. The molecule has 0 bridgehead atoms. The van der Waals surface area contributed by atoms with Gasteiger partial charge in [0.1, 0.15) is 6.29 Å². The van der Waals surface area contributed by atoms with Gasteiger partial charge >= 0.3 is 5.97 Å². The predicted molar refractivity (Wildman–Crippen MR) is 73.2 cm³/mol. The number of hydrogen-bond donors (Lipinski definition) is 0. The molecule has 0 unspecified atom stereocenters. The van der Waals surface area contributed by atoms with E-state index in [1.165, 1.54) is 0 Å². The number of carbonyl (C=O) groups is 2. The third-order valence-corrected chi connectivity index (χ3v) is 2.75. The number of benzene rings is 2. The Labute approximate surface area is 111 Å². The van der Waals surface area contributed by atoms with E-state index in [2.05, 4.69) is 0 Å². The fraction of sp³-hybridized carbons (Fsp3) is 0.125. The molecule has 2 aromatic rings. The van der Waals surface area contributed by atoms with E-state index < -0.39 is 0 Å². The summed E-state index contributed by atoms with van der Waals surface area (Å²) in [7, 11) is 0. The van der Waals surface area contributed by atoms with Gasteiger partial charge in [-0.25, -0.2) is 4.79 Å². The van der Waals surface area contributed by atoms with Gasteiger partial charge in [-0.05, 0) is 36.2 Å². The van der Waals surface area contributed by atoms with Gasteiger partial charge in [-0.15, -0.1) is 0 Å². The highest BCUT2D eigenvalue weighted by atomic mass is 16.5. The van der Waals surface area contributed by atoms with Gasteiger partial charge in [0, 0.05) is 5.56 Å². The summed E-state index contributed by atoms with van der Waals surface area (Å²) in [6.45, 7) is 2.14. The summed E-state index contributed by atoms with van der Waals surface area (Å²) in [4.78, 5) is 22.3. The minimum absolute atomic E-state index is 0.323. The first-order valence-electron chi connectivity index (χ1n) is 6.07. The largest absolute Gasteiger partial charge is 0.462 e. The second kappa shape index (κ2) is 5.96. The first-order valence-corrected chi connectivity index (χ1v) is 6.07. The van der Waals surface area contributed by atoms with Crippen molar-refractivity contribution in [3.8, 4) is 11.1 Å². The highest BCUT2D eigenvalue weighted by molar-refractivity contribution is 5.90. The van der Waals surface area contributed by atoms with E-state index >= 15 is 0 Å². The molecule has 96 valence electrons. The topological polar surface area (TPSA) is 43.4 Å². The van der Waals surface area contributed by atoms with E-state index in [4.69, 9.17) is 4.74 Å². The molecule has 2 rings (SSSR count). The molecule has 0 heterocycles. The SMILES string of the molecule is CCOC(=O)c1ccc(-c2cccc(C=O)c2)cc1. The number of rotatable bonds is 4. The minimum atomic E-state index is -0.323. The van der Waals surface area contributed by atoms with Gasteiger partial charge in [0.25, 0.3) is 0 Å². The lowest BCUT2D eigenvalue weighted by Gasteiger charge is -2.05. The molecule has 0 spiro atoms. The summed E-state index contributed by atoms with van der Waals surface area (Å²) in [5.74, 6) is -0.323. The molecule has 0 saturated heterocycles. The highest BCUT2D eigenvalue weighted by Gasteiger charge is 2.06. The van der Waals surface area contributed by atoms with Crippen molar-refractivity contribution in [2.75, 3.05) is 6.61 Å². The molecule has 0 fully saturated rings. The molecule has 0 N–H and O–H groups in total. The third-order valence-electron chi connectivity index (χ3n) is 2.75. The summed E-state index contributed by atoms with van der Waals surface area (Å²) in [5, 5.41) is 0. The van der Waals surface area contributed by atoms with Crippen LogP contribution in [0, 0.1) is 0 Å². The number of esters is 1. The molecule has 0 aliphatic heterocycles. The highest BCUT2D eigenvalue weighted by Crippen LogP contribution is 2.20. The van der Waals surface area contributed by atoms with Gasteiger partial charge in [0.2, 0.25) is 0 Å². The Morgan fingerprint density at radius 3 is 2.47 bits per heavy atom. The molecular weight excluding hydrogens is 240 g/mol. The standard InChI is InChI=1S/C16H14O3/c1-2-19-16(18)14-8-6-13(7-9-14)15-5-3-4-12(10-15)11-17/h3-11H,2H2,1H3. The van der Waals surface area contributed by atoms with Crippen molar-refractivity contribution in [1.29, 1.82) is 0 Å². The van der Waals surface area contributed by atoms with E-state index in [0.29, 0.717) is 17.7 Å². The fourth-order valence-electron chi connectivity index (χ4n) is 1.80. The second-order valence-corrected chi connectivity index (χ2v) is 4.04. The van der Waals surface area contributed by atoms with Crippen LogP contribution in [0.3, 0.4) is 0 Å². The quantitative estimate of drug-likeness (QED) is 0.620. The summed E-state index contributed by atoms with van der Waals surface area (Å²) < 4.78 is 4.92. The fourth-order valence-corrected chi connectivity index (χ4v) is 1.80. The van der Waals surface area contributed by atoms with Crippen LogP contribution in [0.25, 0.3) is 11.1 Å². The summed E-state index contributed by atoms with van der Waals surface area (Å²) >= 11 is 0. The van der Waals surface area contributed by atoms with Gasteiger partial charge < -0.3 is 4.74 Å². The summed E-state index contributed by atoms with van der Waals surface area (Å²) in [6, 6.07) is 14.5. The van der Waals surface area contributed by atoms with E-state index in [1.807, 2.05) is 30.3 Å². The molecule has 0 atom stereocenters. The van der Waals surface area contributed by atoms with E-state index in [0.717, 1.165) is 17.4 Å². The van der Waals surface area contributed by atoms with Crippen molar-refractivity contribution in [3.63, 3.8) is 0 Å². The Kier molecular flexibility index (Phi) is 4.08. The first kappa shape index (κ1) is 13.0. The van der Waals surface area contributed by atoms with Crippen LogP contribution in [0.15, 0.2) is 48.5 Å². The van der Waals surface area contributed by atoms with Crippen LogP contribution in [0.2, 0.25) is 0 Å². The predicted octanol–water partition coefficient (Wildman–Crippen LogP) is 3.34. The average molecular weight is 254 g/mol. The Balaban J connectivity index is 2.26. The van der Waals surface area contributed by atoms with Crippen molar-refractivity contribution in [3.05, 3.63) is 59.7 Å². The van der Waals surface area contributed by atoms with Crippen molar-refractivity contribution < 1.29 is 14.3 Å². The van der Waals surface area contributed by atoms with E-state index in [9.17, 15) is 9.59 Å². The van der Waals surface area contributed by atoms with Crippen molar-refractivity contribution in [2.45, 2.75) is 6.92 Å². The molecule has 0 saturated carbocycles. The zero-order valence-corrected chi connectivity index (χ0v) is 10.6. The Morgan fingerprint density at radius 1 is 1.11 bits per heavy atom. The molecule has 0 radical (unpaired) electrons. The van der Waals surface area contributed by atoms with Crippen LogP contribution < -0.4 is 0 Å². The number of carbonyl (C=O) groups excluding carboxylic acids is 2. The van der Waals surface area contributed by atoms with E-state index in [1.54, 1.807) is 25.1 Å². The van der Waals surface area contributed by atoms with Gasteiger partial charge in [0.15, 0.2) is 0 Å². The third kappa shape index (κ3) is 3.07. The van der Waals surface area contributed by atoms with Crippen molar-refractivity contribution in [2.24, 2.45) is 0 Å². The molecule has 0 aliphatic carbocycles. The van der Waals surface area contributed by atoms with Crippen LogP contribution in [-0.4, -0.2) is 18.9 Å². The van der Waals surface area contributed by atoms with Gasteiger partial charge in [-0.1, -0.05) is 30.3 Å². The van der Waals surface area contributed by atoms with Crippen LogP contribution in [0.5, 0.6) is 0 Å². The summed E-state index contributed by atoms with van der Waals surface area (Å²) in [5.41, 5.74) is 3.06. The first-order chi connectivity index (χ1) is 9.24. The maximum Gasteiger partial charge on any atom is 0.338 e. The number of hydrogen-bond acceptors (Lipinski definition) is 3. The van der Waals surface area contributed by atoms with Crippen molar-refractivity contribution >= 4 is 12.3 Å². The van der Waals surface area contributed by atoms with Gasteiger partial charge in [-0.3, -0.25) is 4.79 Å². The molecule has 0 aromatic heterocycles. The zero-order chi connectivity index (χ0) is 13.7. The molecule has 3 heteroatoms. The maximum atomic E-state index is 11.5. The number of ether oxygens (including phenoxy) is 1. The Hall–Kier alpha value is -2.42. The molecule has 0 amide bonds. The minimum Gasteiger partial charge on any atom is -0.462 e. The summed E-state index contributed by atoms with van der Waals surface area (Å²) in [6.07, 6.45) is 0.816. The lowest BCUT2D eigenvalue weighted by molar-refractivity contribution is 0.0526.